The largest absolute Gasteiger partial charge is 0.313 e. The van der Waals surface area contributed by atoms with E-state index in [2.05, 4.69) is 15.0 Å². The van der Waals surface area contributed by atoms with Gasteiger partial charge in [0.25, 0.3) is 10.0 Å². The Morgan fingerprint density at radius 3 is 2.43 bits per heavy atom. The van der Waals surface area contributed by atoms with Gasteiger partial charge in [-0.2, -0.15) is 8.42 Å². The van der Waals surface area contributed by atoms with E-state index < -0.39 is 20.9 Å². The predicted molar refractivity (Wildman–Crippen MR) is 78.9 cm³/mol. The van der Waals surface area contributed by atoms with Gasteiger partial charge in [-0.05, 0) is 43.8 Å². The average Bonchev–Trinajstić information content (AvgIpc) is 2.47. The molecule has 0 aliphatic carbocycles. The maximum absolute atomic E-state index is 13.5. The summed E-state index contributed by atoms with van der Waals surface area (Å²) in [5, 5.41) is 2.47. The van der Waals surface area contributed by atoms with Crippen LogP contribution in [0.5, 0.6) is 0 Å². The number of halogens is 1. The van der Waals surface area contributed by atoms with Gasteiger partial charge in [-0.1, -0.05) is 12.1 Å². The van der Waals surface area contributed by atoms with Crippen molar-refractivity contribution < 1.29 is 12.8 Å². The van der Waals surface area contributed by atoms with E-state index in [0.717, 1.165) is 11.6 Å². The molecule has 0 saturated carbocycles. The lowest BCUT2D eigenvalue weighted by Gasteiger charge is -2.12. The van der Waals surface area contributed by atoms with Crippen molar-refractivity contribution in [1.29, 1.82) is 0 Å². The highest BCUT2D eigenvalue weighted by Gasteiger charge is 2.20. The van der Waals surface area contributed by atoms with Gasteiger partial charge >= 0.3 is 0 Å². The molecule has 2 rings (SSSR count). The van der Waals surface area contributed by atoms with E-state index in [1.165, 1.54) is 12.3 Å². The van der Waals surface area contributed by atoms with Crippen molar-refractivity contribution in [2.45, 2.75) is 18.0 Å². The van der Waals surface area contributed by atoms with Crippen LogP contribution >= 0.6 is 0 Å². The lowest BCUT2D eigenvalue weighted by molar-refractivity contribution is 0.557. The molecule has 1 unspecified atom stereocenters. The van der Waals surface area contributed by atoms with Crippen molar-refractivity contribution in [1.82, 2.24) is 10.3 Å². The summed E-state index contributed by atoms with van der Waals surface area (Å²) in [7, 11) is -2.20. The summed E-state index contributed by atoms with van der Waals surface area (Å²) in [6.45, 7) is 1.99. The van der Waals surface area contributed by atoms with E-state index in [1.54, 1.807) is 24.3 Å². The van der Waals surface area contributed by atoms with Crippen LogP contribution < -0.4 is 10.0 Å². The van der Waals surface area contributed by atoms with Gasteiger partial charge in [0, 0.05) is 17.9 Å². The second-order valence-corrected chi connectivity index (χ2v) is 6.13. The number of anilines is 1. The third kappa shape index (κ3) is 3.56. The third-order valence-electron chi connectivity index (χ3n) is 3.08. The highest BCUT2D eigenvalue weighted by atomic mass is 32.2. The van der Waals surface area contributed by atoms with Crippen molar-refractivity contribution >= 4 is 15.7 Å². The molecule has 0 aliphatic rings. The van der Waals surface area contributed by atoms with E-state index in [9.17, 15) is 12.8 Å². The third-order valence-corrected chi connectivity index (χ3v) is 4.39. The molecule has 0 amide bonds. The van der Waals surface area contributed by atoms with Crippen LogP contribution in [0.15, 0.2) is 47.6 Å². The van der Waals surface area contributed by atoms with Crippen molar-refractivity contribution in [2.24, 2.45) is 0 Å². The summed E-state index contributed by atoms with van der Waals surface area (Å²) in [4.78, 5) is 3.57. The highest BCUT2D eigenvalue weighted by Crippen LogP contribution is 2.19. The Morgan fingerprint density at radius 2 is 1.86 bits per heavy atom. The first-order valence-electron chi connectivity index (χ1n) is 6.34. The van der Waals surface area contributed by atoms with Gasteiger partial charge in [0.05, 0.1) is 0 Å². The SMILES string of the molecule is CNC(C)c1ccc(NS(=O)(=O)c2ncccc2F)cc1. The predicted octanol–water partition coefficient (Wildman–Crippen LogP) is 2.30. The Balaban J connectivity index is 2.23. The van der Waals surface area contributed by atoms with Crippen LogP contribution in [-0.4, -0.2) is 20.4 Å². The Labute approximate surface area is 123 Å². The van der Waals surface area contributed by atoms with Crippen molar-refractivity contribution in [3.8, 4) is 0 Å². The van der Waals surface area contributed by atoms with E-state index in [-0.39, 0.29) is 6.04 Å². The molecule has 0 radical (unpaired) electrons. The van der Waals surface area contributed by atoms with E-state index in [4.69, 9.17) is 0 Å². The molecule has 2 N–H and O–H groups in total. The molecule has 1 atom stereocenters. The summed E-state index contributed by atoms with van der Waals surface area (Å²) in [5.74, 6) is -0.884. The molecular formula is C14H16FN3O2S. The summed E-state index contributed by atoms with van der Waals surface area (Å²) in [5.41, 5.74) is 1.37. The van der Waals surface area contributed by atoms with Crippen molar-refractivity contribution in [3.05, 3.63) is 54.0 Å². The Bertz CT molecular complexity index is 717. The number of aromatic nitrogens is 1. The minimum absolute atomic E-state index is 0.156. The second-order valence-electron chi connectivity index (χ2n) is 4.53. The van der Waals surface area contributed by atoms with Crippen LogP contribution in [0.4, 0.5) is 10.1 Å². The first-order chi connectivity index (χ1) is 9.94. The van der Waals surface area contributed by atoms with Crippen LogP contribution in [-0.2, 0) is 10.0 Å². The molecule has 7 heteroatoms. The fourth-order valence-electron chi connectivity index (χ4n) is 1.78. The summed E-state index contributed by atoms with van der Waals surface area (Å²) >= 11 is 0. The van der Waals surface area contributed by atoms with Gasteiger partial charge < -0.3 is 5.32 Å². The average molecular weight is 309 g/mol. The van der Waals surface area contributed by atoms with E-state index in [1.807, 2.05) is 14.0 Å². The normalized spacial score (nSPS) is 12.9. The summed E-state index contributed by atoms with van der Waals surface area (Å²) in [6.07, 6.45) is 1.23. The standard InChI is InChI=1S/C14H16FN3O2S/c1-10(16-2)11-5-7-12(8-6-11)18-21(19,20)14-13(15)4-3-9-17-14/h3-10,16,18H,1-2H3. The fraction of sp³-hybridized carbons (Fsp3) is 0.214. The molecule has 5 nitrogen and oxygen atoms in total. The van der Waals surface area contributed by atoms with E-state index >= 15 is 0 Å². The summed E-state index contributed by atoms with van der Waals surface area (Å²) < 4.78 is 40.0. The number of hydrogen-bond donors (Lipinski definition) is 2. The van der Waals surface area contributed by atoms with Crippen LogP contribution in [0.25, 0.3) is 0 Å². The maximum atomic E-state index is 13.5. The monoisotopic (exact) mass is 309 g/mol. The molecule has 21 heavy (non-hydrogen) atoms. The van der Waals surface area contributed by atoms with E-state index in [0.29, 0.717) is 5.69 Å². The molecule has 0 bridgehead atoms. The smallest absolute Gasteiger partial charge is 0.282 e. The molecule has 0 saturated heterocycles. The van der Waals surface area contributed by atoms with Gasteiger partial charge in [0.15, 0.2) is 5.82 Å². The molecule has 1 aromatic carbocycles. The van der Waals surface area contributed by atoms with Gasteiger partial charge in [-0.15, -0.1) is 0 Å². The first kappa shape index (κ1) is 15.4. The molecule has 1 heterocycles. The van der Waals surface area contributed by atoms with Crippen molar-refractivity contribution in [3.63, 3.8) is 0 Å². The summed E-state index contributed by atoms with van der Waals surface area (Å²) in [6, 6.07) is 9.40. The lowest BCUT2D eigenvalue weighted by atomic mass is 10.1. The number of nitrogens with zero attached hydrogens (tertiary/aromatic N) is 1. The van der Waals surface area contributed by atoms with Crippen LogP contribution in [0.2, 0.25) is 0 Å². The molecule has 0 fully saturated rings. The molecule has 0 spiro atoms. The topological polar surface area (TPSA) is 71.1 Å². The zero-order valence-corrected chi connectivity index (χ0v) is 12.5. The molecule has 2 aromatic rings. The maximum Gasteiger partial charge on any atom is 0.282 e. The Hall–Kier alpha value is -1.99. The van der Waals surface area contributed by atoms with Gasteiger partial charge in [-0.3, -0.25) is 4.72 Å². The quantitative estimate of drug-likeness (QED) is 0.889. The highest BCUT2D eigenvalue weighted by molar-refractivity contribution is 7.92. The number of rotatable bonds is 5. The van der Waals surface area contributed by atoms with Crippen LogP contribution in [0, 0.1) is 5.82 Å². The Kier molecular flexibility index (Phi) is 4.54. The molecule has 112 valence electrons. The van der Waals surface area contributed by atoms with Crippen molar-refractivity contribution in [2.75, 3.05) is 11.8 Å². The second kappa shape index (κ2) is 6.19. The minimum atomic E-state index is -4.03. The zero-order chi connectivity index (χ0) is 15.5. The molecule has 0 aliphatic heterocycles. The van der Waals surface area contributed by atoms with Crippen LogP contribution in [0.1, 0.15) is 18.5 Å². The molecular weight excluding hydrogens is 293 g/mol. The fourth-order valence-corrected chi connectivity index (χ4v) is 2.85. The van der Waals surface area contributed by atoms with Gasteiger partial charge in [0.2, 0.25) is 5.03 Å². The Morgan fingerprint density at radius 1 is 1.19 bits per heavy atom. The number of benzene rings is 1. The zero-order valence-electron chi connectivity index (χ0n) is 11.7. The molecule has 1 aromatic heterocycles. The number of hydrogen-bond acceptors (Lipinski definition) is 4. The number of nitrogens with one attached hydrogen (secondary N) is 2. The first-order valence-corrected chi connectivity index (χ1v) is 7.83. The minimum Gasteiger partial charge on any atom is -0.313 e. The van der Waals surface area contributed by atoms with Crippen LogP contribution in [0.3, 0.4) is 0 Å². The number of pyridine rings is 1. The van der Waals surface area contributed by atoms with Gasteiger partial charge in [-0.25, -0.2) is 9.37 Å². The van der Waals surface area contributed by atoms with Gasteiger partial charge in [0.1, 0.15) is 0 Å². The number of sulfonamides is 1. The lowest BCUT2D eigenvalue weighted by Crippen LogP contribution is -2.16.